The predicted molar refractivity (Wildman–Crippen MR) is 114 cm³/mol. The topological polar surface area (TPSA) is 80.0 Å². The second-order valence-corrected chi connectivity index (χ2v) is 7.36. The molecule has 4 rings (SSSR count). The molecule has 2 heterocycles. The number of carbonyl (C=O) groups excluding carboxylic acids is 1. The Kier molecular flexibility index (Phi) is 5.04. The Labute approximate surface area is 173 Å². The molecule has 0 spiro atoms. The van der Waals surface area contributed by atoms with E-state index in [0.717, 1.165) is 33.3 Å². The van der Waals surface area contributed by atoms with Crippen molar-refractivity contribution in [1.29, 1.82) is 0 Å². The predicted octanol–water partition coefficient (Wildman–Crippen LogP) is 6.21. The van der Waals surface area contributed by atoms with Crippen molar-refractivity contribution < 1.29 is 18.0 Å². The Balaban J connectivity index is 1.45. The Morgan fingerprint density at radius 1 is 0.933 bits per heavy atom. The highest BCUT2D eigenvalue weighted by atomic mass is 32.1. The van der Waals surface area contributed by atoms with Crippen LogP contribution in [-0.2, 0) is 6.18 Å². The van der Waals surface area contributed by atoms with Crippen molar-refractivity contribution in [3.05, 3.63) is 71.7 Å². The van der Waals surface area contributed by atoms with Crippen LogP contribution in [0.4, 0.5) is 35.2 Å². The molecule has 0 radical (unpaired) electrons. The lowest BCUT2D eigenvalue weighted by Gasteiger charge is -2.10. The normalized spacial score (nSPS) is 11.4. The first-order valence-corrected chi connectivity index (χ1v) is 9.66. The van der Waals surface area contributed by atoms with Gasteiger partial charge in [-0.05, 0) is 53.4 Å². The standard InChI is InChI=1S/C21H15F3N4OS/c22-21(23,24)13-3-7-15(8-4-13)28-20(29)27-14-5-1-12(2-6-14)16-11-30-17-9-10-26-19(25)18(16)17/h1-11H,(H2,25,26)(H2,27,28,29). The Bertz CT molecular complexity index is 1200. The van der Waals surface area contributed by atoms with E-state index in [1.807, 2.05) is 23.6 Å². The number of halogens is 3. The molecule has 0 saturated heterocycles. The zero-order valence-corrected chi connectivity index (χ0v) is 16.1. The molecule has 5 nitrogen and oxygen atoms in total. The number of nitrogens with one attached hydrogen (secondary N) is 2. The van der Waals surface area contributed by atoms with Gasteiger partial charge in [-0.15, -0.1) is 11.3 Å². The van der Waals surface area contributed by atoms with Crippen LogP contribution < -0.4 is 16.4 Å². The number of hydrogen-bond donors (Lipinski definition) is 3. The fourth-order valence-electron chi connectivity index (χ4n) is 2.99. The molecule has 4 N–H and O–H groups in total. The first-order valence-electron chi connectivity index (χ1n) is 8.78. The lowest BCUT2D eigenvalue weighted by molar-refractivity contribution is -0.137. The van der Waals surface area contributed by atoms with E-state index in [0.29, 0.717) is 11.5 Å². The van der Waals surface area contributed by atoms with Crippen molar-refractivity contribution in [3.8, 4) is 11.1 Å². The maximum absolute atomic E-state index is 12.6. The SMILES string of the molecule is Nc1nccc2scc(-c3ccc(NC(=O)Nc4ccc(C(F)(F)F)cc4)cc3)c12. The number of pyridine rings is 1. The lowest BCUT2D eigenvalue weighted by Crippen LogP contribution is -2.19. The zero-order valence-electron chi connectivity index (χ0n) is 15.3. The molecule has 0 unspecified atom stereocenters. The molecular formula is C21H15F3N4OS. The van der Waals surface area contributed by atoms with Crippen molar-refractivity contribution in [1.82, 2.24) is 4.98 Å². The van der Waals surface area contributed by atoms with Gasteiger partial charge in [-0.1, -0.05) is 12.1 Å². The van der Waals surface area contributed by atoms with Crippen molar-refractivity contribution in [2.75, 3.05) is 16.4 Å². The molecule has 0 atom stereocenters. The number of nitrogen functional groups attached to an aromatic ring is 1. The number of alkyl halides is 3. The van der Waals surface area contributed by atoms with Crippen molar-refractivity contribution in [2.45, 2.75) is 6.18 Å². The summed E-state index contributed by atoms with van der Waals surface area (Å²) in [6.07, 6.45) is -2.75. The minimum absolute atomic E-state index is 0.254. The smallest absolute Gasteiger partial charge is 0.383 e. The van der Waals surface area contributed by atoms with Crippen LogP contribution in [0.5, 0.6) is 0 Å². The zero-order chi connectivity index (χ0) is 21.3. The maximum Gasteiger partial charge on any atom is 0.416 e. The van der Waals surface area contributed by atoms with Gasteiger partial charge in [-0.25, -0.2) is 9.78 Å². The monoisotopic (exact) mass is 428 g/mol. The number of urea groups is 1. The fraction of sp³-hybridized carbons (Fsp3) is 0.0476. The van der Waals surface area contributed by atoms with Gasteiger partial charge in [-0.2, -0.15) is 13.2 Å². The van der Waals surface area contributed by atoms with Gasteiger partial charge in [0.05, 0.1) is 5.56 Å². The summed E-state index contributed by atoms with van der Waals surface area (Å²) in [5.74, 6) is 0.460. The fourth-order valence-corrected chi connectivity index (χ4v) is 3.96. The van der Waals surface area contributed by atoms with Crippen molar-refractivity contribution in [3.63, 3.8) is 0 Å². The summed E-state index contributed by atoms with van der Waals surface area (Å²) >= 11 is 1.57. The third-order valence-electron chi connectivity index (χ3n) is 4.44. The third-order valence-corrected chi connectivity index (χ3v) is 5.39. The lowest BCUT2D eigenvalue weighted by atomic mass is 10.1. The number of aromatic nitrogens is 1. The van der Waals surface area contributed by atoms with Gasteiger partial charge in [0.25, 0.3) is 0 Å². The van der Waals surface area contributed by atoms with E-state index in [4.69, 9.17) is 5.73 Å². The highest BCUT2D eigenvalue weighted by molar-refractivity contribution is 7.17. The highest BCUT2D eigenvalue weighted by Crippen LogP contribution is 2.36. The number of fused-ring (bicyclic) bond motifs is 1. The number of nitrogens with two attached hydrogens (primary N) is 1. The van der Waals surface area contributed by atoms with E-state index < -0.39 is 17.8 Å². The maximum atomic E-state index is 12.6. The molecule has 2 aromatic heterocycles. The molecule has 152 valence electrons. The van der Waals surface area contributed by atoms with E-state index in [2.05, 4.69) is 15.6 Å². The number of hydrogen-bond acceptors (Lipinski definition) is 4. The first kappa shape index (κ1) is 19.7. The van der Waals surface area contributed by atoms with Gasteiger partial charge in [0.15, 0.2) is 0 Å². The largest absolute Gasteiger partial charge is 0.416 e. The summed E-state index contributed by atoms with van der Waals surface area (Å²) in [4.78, 5) is 16.3. The number of anilines is 3. The molecule has 30 heavy (non-hydrogen) atoms. The third kappa shape index (κ3) is 4.06. The average Bonchev–Trinajstić information content (AvgIpc) is 3.14. The molecule has 0 fully saturated rings. The summed E-state index contributed by atoms with van der Waals surface area (Å²) < 4.78 is 38.8. The van der Waals surface area contributed by atoms with Gasteiger partial charge < -0.3 is 16.4 Å². The molecule has 0 bridgehead atoms. The quantitative estimate of drug-likeness (QED) is 0.363. The Morgan fingerprint density at radius 3 is 2.13 bits per heavy atom. The van der Waals surface area contributed by atoms with Crippen LogP contribution in [0.25, 0.3) is 21.2 Å². The molecule has 0 aliphatic heterocycles. The van der Waals surface area contributed by atoms with Crippen molar-refractivity contribution in [2.24, 2.45) is 0 Å². The number of nitrogens with zero attached hydrogens (tertiary/aromatic N) is 1. The number of thiophene rings is 1. The summed E-state index contributed by atoms with van der Waals surface area (Å²) in [5.41, 5.74) is 7.91. The molecule has 9 heteroatoms. The van der Waals surface area contributed by atoms with Crippen LogP contribution in [0, 0.1) is 0 Å². The van der Waals surface area contributed by atoms with Gasteiger partial charge in [-0.3, -0.25) is 0 Å². The van der Waals surface area contributed by atoms with E-state index >= 15 is 0 Å². The second kappa shape index (κ2) is 7.68. The van der Waals surface area contributed by atoms with Crippen LogP contribution in [0.15, 0.2) is 66.2 Å². The highest BCUT2D eigenvalue weighted by Gasteiger charge is 2.29. The summed E-state index contributed by atoms with van der Waals surface area (Å²) in [5, 5.41) is 8.05. The van der Waals surface area contributed by atoms with Gasteiger partial charge in [0, 0.05) is 33.2 Å². The second-order valence-electron chi connectivity index (χ2n) is 6.45. The van der Waals surface area contributed by atoms with Crippen LogP contribution in [0.2, 0.25) is 0 Å². The number of rotatable bonds is 3. The summed E-state index contributed by atoms with van der Waals surface area (Å²) in [7, 11) is 0. The van der Waals surface area contributed by atoms with Crippen LogP contribution in [-0.4, -0.2) is 11.0 Å². The average molecular weight is 428 g/mol. The first-order chi connectivity index (χ1) is 14.3. The molecule has 4 aromatic rings. The number of carbonyl (C=O) groups is 1. The Hall–Kier alpha value is -3.59. The van der Waals surface area contributed by atoms with Crippen LogP contribution in [0.1, 0.15) is 5.56 Å². The molecule has 0 saturated carbocycles. The summed E-state index contributed by atoms with van der Waals surface area (Å²) in [6, 6.07) is 12.7. The molecule has 2 aromatic carbocycles. The molecule has 2 amide bonds. The minimum Gasteiger partial charge on any atom is -0.383 e. The number of benzene rings is 2. The van der Waals surface area contributed by atoms with Crippen LogP contribution in [0.3, 0.4) is 0 Å². The van der Waals surface area contributed by atoms with E-state index in [1.54, 1.807) is 29.7 Å². The van der Waals surface area contributed by atoms with E-state index in [1.165, 1.54) is 12.1 Å². The van der Waals surface area contributed by atoms with Gasteiger partial charge >= 0.3 is 12.2 Å². The molecule has 0 aliphatic carbocycles. The molecular weight excluding hydrogens is 413 g/mol. The van der Waals surface area contributed by atoms with Crippen LogP contribution >= 0.6 is 11.3 Å². The van der Waals surface area contributed by atoms with Crippen molar-refractivity contribution >= 4 is 44.6 Å². The number of amides is 2. The minimum atomic E-state index is -4.42. The molecule has 0 aliphatic rings. The van der Waals surface area contributed by atoms with Gasteiger partial charge in [0.2, 0.25) is 0 Å². The van der Waals surface area contributed by atoms with E-state index in [9.17, 15) is 18.0 Å². The van der Waals surface area contributed by atoms with E-state index in [-0.39, 0.29) is 5.69 Å². The van der Waals surface area contributed by atoms with Gasteiger partial charge in [0.1, 0.15) is 5.82 Å². The Morgan fingerprint density at radius 2 is 1.53 bits per heavy atom. The summed E-state index contributed by atoms with van der Waals surface area (Å²) in [6.45, 7) is 0.